The molecule has 0 aromatic carbocycles. The summed E-state index contributed by atoms with van der Waals surface area (Å²) in [6.45, 7) is 5.18. The minimum absolute atomic E-state index is 0.0703. The Bertz CT molecular complexity index is 495. The van der Waals surface area contributed by atoms with Gasteiger partial charge in [0.25, 0.3) is 0 Å². The third-order valence-electron chi connectivity index (χ3n) is 3.52. The Hall–Kier alpha value is -1.53. The Labute approximate surface area is 129 Å². The Morgan fingerprint density at radius 3 is 2.48 bits per heavy atom. The fourth-order valence-electron chi connectivity index (χ4n) is 2.28. The molecule has 0 atom stereocenters. The van der Waals surface area contributed by atoms with Crippen molar-refractivity contribution in [2.45, 2.75) is 19.9 Å². The largest absolute Gasteiger partial charge is 0.448 e. The summed E-state index contributed by atoms with van der Waals surface area (Å²) < 4.78 is 5.21. The van der Waals surface area contributed by atoms with Crippen LogP contribution in [0, 0.1) is 0 Å². The SMILES string of the molecule is CC(=O)N1CCN(C(=O)CCNCc2ccc(Cl)o2)CC1. The molecule has 0 spiro atoms. The van der Waals surface area contributed by atoms with Crippen LogP contribution in [0.3, 0.4) is 0 Å². The Balaban J connectivity index is 1.63. The normalized spacial score (nSPS) is 15.3. The summed E-state index contributed by atoms with van der Waals surface area (Å²) in [6, 6.07) is 3.50. The van der Waals surface area contributed by atoms with Crippen molar-refractivity contribution in [3.8, 4) is 0 Å². The molecule has 1 aliphatic rings. The maximum Gasteiger partial charge on any atom is 0.223 e. The second-order valence-corrected chi connectivity index (χ2v) is 5.39. The average Bonchev–Trinajstić information content (AvgIpc) is 2.89. The molecule has 2 heterocycles. The number of furan rings is 1. The van der Waals surface area contributed by atoms with Crippen LogP contribution in [-0.2, 0) is 16.1 Å². The fourth-order valence-corrected chi connectivity index (χ4v) is 2.44. The molecule has 7 heteroatoms. The van der Waals surface area contributed by atoms with Crippen LogP contribution >= 0.6 is 11.6 Å². The van der Waals surface area contributed by atoms with E-state index in [1.54, 1.807) is 24.0 Å². The van der Waals surface area contributed by atoms with Gasteiger partial charge in [-0.1, -0.05) is 0 Å². The summed E-state index contributed by atoms with van der Waals surface area (Å²) in [5.74, 6) is 0.937. The zero-order chi connectivity index (χ0) is 15.2. The van der Waals surface area contributed by atoms with Gasteiger partial charge in [0.1, 0.15) is 5.76 Å². The molecule has 1 aromatic heterocycles. The molecule has 2 amide bonds. The van der Waals surface area contributed by atoms with E-state index >= 15 is 0 Å². The molecule has 116 valence electrons. The highest BCUT2D eigenvalue weighted by Gasteiger charge is 2.21. The lowest BCUT2D eigenvalue weighted by atomic mass is 10.2. The zero-order valence-corrected chi connectivity index (χ0v) is 12.9. The predicted molar refractivity (Wildman–Crippen MR) is 78.9 cm³/mol. The number of nitrogens with one attached hydrogen (secondary N) is 1. The second kappa shape index (κ2) is 7.47. The van der Waals surface area contributed by atoms with Crippen LogP contribution in [0.25, 0.3) is 0 Å². The van der Waals surface area contributed by atoms with Crippen molar-refractivity contribution in [2.24, 2.45) is 0 Å². The number of amides is 2. The molecule has 1 saturated heterocycles. The van der Waals surface area contributed by atoms with Gasteiger partial charge in [-0.05, 0) is 23.7 Å². The lowest BCUT2D eigenvalue weighted by Gasteiger charge is -2.34. The standard InChI is InChI=1S/C14H20ClN3O3/c1-11(19)17-6-8-18(9-7-17)14(20)4-5-16-10-12-2-3-13(15)21-12/h2-3,16H,4-10H2,1H3. The maximum atomic E-state index is 12.0. The zero-order valence-electron chi connectivity index (χ0n) is 12.1. The highest BCUT2D eigenvalue weighted by molar-refractivity contribution is 6.28. The minimum Gasteiger partial charge on any atom is -0.448 e. The lowest BCUT2D eigenvalue weighted by molar-refractivity contribution is -0.138. The number of piperazine rings is 1. The van der Waals surface area contributed by atoms with E-state index in [0.717, 1.165) is 5.76 Å². The van der Waals surface area contributed by atoms with Gasteiger partial charge in [-0.15, -0.1) is 0 Å². The van der Waals surface area contributed by atoms with E-state index in [9.17, 15) is 9.59 Å². The average molecular weight is 314 g/mol. The monoisotopic (exact) mass is 313 g/mol. The van der Waals surface area contributed by atoms with Crippen LogP contribution in [0.1, 0.15) is 19.1 Å². The van der Waals surface area contributed by atoms with Gasteiger partial charge in [-0.25, -0.2) is 0 Å². The van der Waals surface area contributed by atoms with Crippen molar-refractivity contribution < 1.29 is 14.0 Å². The Kier molecular flexibility index (Phi) is 5.64. The van der Waals surface area contributed by atoms with E-state index in [1.165, 1.54) is 0 Å². The molecular weight excluding hydrogens is 294 g/mol. The van der Waals surface area contributed by atoms with Crippen LogP contribution in [0.5, 0.6) is 0 Å². The van der Waals surface area contributed by atoms with Crippen molar-refractivity contribution in [1.82, 2.24) is 15.1 Å². The van der Waals surface area contributed by atoms with Crippen LogP contribution in [0.15, 0.2) is 16.5 Å². The highest BCUT2D eigenvalue weighted by Crippen LogP contribution is 2.12. The van der Waals surface area contributed by atoms with Gasteiger partial charge in [0.2, 0.25) is 11.8 Å². The van der Waals surface area contributed by atoms with Gasteiger partial charge < -0.3 is 19.5 Å². The summed E-state index contributed by atoms with van der Waals surface area (Å²) >= 11 is 5.68. The molecule has 0 aliphatic carbocycles. The molecule has 6 nitrogen and oxygen atoms in total. The van der Waals surface area contributed by atoms with Crippen molar-refractivity contribution in [2.75, 3.05) is 32.7 Å². The van der Waals surface area contributed by atoms with Crippen LogP contribution < -0.4 is 5.32 Å². The van der Waals surface area contributed by atoms with Crippen LogP contribution in [-0.4, -0.2) is 54.3 Å². The summed E-state index contributed by atoms with van der Waals surface area (Å²) in [7, 11) is 0. The molecule has 21 heavy (non-hydrogen) atoms. The molecule has 1 aliphatic heterocycles. The number of carbonyl (C=O) groups excluding carboxylic acids is 2. The van der Waals surface area contributed by atoms with Gasteiger partial charge in [-0.3, -0.25) is 9.59 Å². The second-order valence-electron chi connectivity index (χ2n) is 5.02. The number of hydrogen-bond donors (Lipinski definition) is 1. The molecular formula is C14H20ClN3O3. The first-order valence-electron chi connectivity index (χ1n) is 7.04. The first-order valence-corrected chi connectivity index (χ1v) is 7.42. The maximum absolute atomic E-state index is 12.0. The molecule has 1 aromatic rings. The molecule has 1 fully saturated rings. The predicted octanol–water partition coefficient (Wildman–Crippen LogP) is 1.10. The lowest BCUT2D eigenvalue weighted by Crippen LogP contribution is -2.50. The number of hydrogen-bond acceptors (Lipinski definition) is 4. The summed E-state index contributed by atoms with van der Waals surface area (Å²) in [6.07, 6.45) is 0.439. The van der Waals surface area contributed by atoms with Crippen LogP contribution in [0.4, 0.5) is 0 Å². The van der Waals surface area contributed by atoms with Gasteiger partial charge >= 0.3 is 0 Å². The summed E-state index contributed by atoms with van der Waals surface area (Å²) in [5.41, 5.74) is 0. The van der Waals surface area contributed by atoms with E-state index in [1.807, 2.05) is 4.90 Å². The topological polar surface area (TPSA) is 65.8 Å². The summed E-state index contributed by atoms with van der Waals surface area (Å²) in [4.78, 5) is 26.8. The third kappa shape index (κ3) is 4.75. The molecule has 2 rings (SSSR count). The number of halogens is 1. The first kappa shape index (κ1) is 15.9. The minimum atomic E-state index is 0.0703. The van der Waals surface area contributed by atoms with E-state index < -0.39 is 0 Å². The molecule has 0 bridgehead atoms. The van der Waals surface area contributed by atoms with Crippen LogP contribution in [0.2, 0.25) is 5.22 Å². The van der Waals surface area contributed by atoms with Gasteiger partial charge in [-0.2, -0.15) is 0 Å². The van der Waals surface area contributed by atoms with Crippen molar-refractivity contribution in [3.05, 3.63) is 23.1 Å². The van der Waals surface area contributed by atoms with E-state index in [4.69, 9.17) is 16.0 Å². The summed E-state index contributed by atoms with van der Waals surface area (Å²) in [5, 5.41) is 3.51. The molecule has 1 N–H and O–H groups in total. The van der Waals surface area contributed by atoms with Crippen molar-refractivity contribution >= 4 is 23.4 Å². The van der Waals surface area contributed by atoms with E-state index in [2.05, 4.69) is 5.32 Å². The van der Waals surface area contributed by atoms with Gasteiger partial charge in [0.15, 0.2) is 5.22 Å². The number of rotatable bonds is 5. The van der Waals surface area contributed by atoms with Crippen molar-refractivity contribution in [3.63, 3.8) is 0 Å². The Morgan fingerprint density at radius 2 is 1.90 bits per heavy atom. The smallest absolute Gasteiger partial charge is 0.223 e. The van der Waals surface area contributed by atoms with E-state index in [0.29, 0.717) is 50.9 Å². The first-order chi connectivity index (χ1) is 10.1. The number of nitrogens with zero attached hydrogens (tertiary/aromatic N) is 2. The molecule has 0 unspecified atom stereocenters. The van der Waals surface area contributed by atoms with Gasteiger partial charge in [0, 0.05) is 46.1 Å². The van der Waals surface area contributed by atoms with Crippen molar-refractivity contribution in [1.29, 1.82) is 0 Å². The van der Waals surface area contributed by atoms with E-state index in [-0.39, 0.29) is 11.8 Å². The quantitative estimate of drug-likeness (QED) is 0.827. The highest BCUT2D eigenvalue weighted by atomic mass is 35.5. The fraction of sp³-hybridized carbons (Fsp3) is 0.571. The third-order valence-corrected chi connectivity index (χ3v) is 3.72. The number of carbonyl (C=O) groups is 2. The molecule has 0 saturated carbocycles. The Morgan fingerprint density at radius 1 is 1.24 bits per heavy atom. The molecule has 0 radical (unpaired) electrons. The van der Waals surface area contributed by atoms with Gasteiger partial charge in [0.05, 0.1) is 6.54 Å².